The molecule has 60 heavy (non-hydrogen) atoms. The zero-order chi connectivity index (χ0) is 40.3. The van der Waals surface area contributed by atoms with Crippen LogP contribution in [0.25, 0.3) is 99.1 Å². The molecule has 10 aromatic carbocycles. The lowest BCUT2D eigenvalue weighted by molar-refractivity contribution is 0.661. The predicted octanol–water partition coefficient (Wildman–Crippen LogP) is 16.3. The minimum Gasteiger partial charge on any atom is -0.0620 e. The lowest BCUT2D eigenvalue weighted by Gasteiger charge is -2.21. The summed E-state index contributed by atoms with van der Waals surface area (Å²) >= 11 is 0. The van der Waals surface area contributed by atoms with E-state index in [2.05, 4.69) is 210 Å². The second-order valence-electron chi connectivity index (χ2n) is 17.7. The molecule has 12 rings (SSSR count). The Morgan fingerprint density at radius 1 is 0.333 bits per heavy atom. The lowest BCUT2D eigenvalue weighted by Crippen LogP contribution is -2.14. The first-order valence-corrected chi connectivity index (χ1v) is 21.4. The van der Waals surface area contributed by atoms with Crippen LogP contribution in [0.3, 0.4) is 0 Å². The molecule has 0 heterocycles. The van der Waals surface area contributed by atoms with Gasteiger partial charge < -0.3 is 0 Å². The Morgan fingerprint density at radius 3 is 1.45 bits per heavy atom. The highest BCUT2D eigenvalue weighted by atomic mass is 14.4. The summed E-state index contributed by atoms with van der Waals surface area (Å²) in [6.07, 6.45) is 0.958. The van der Waals surface area contributed by atoms with Gasteiger partial charge in [-0.15, -0.1) is 0 Å². The van der Waals surface area contributed by atoms with Crippen LogP contribution in [0, 0.1) is 13.8 Å². The van der Waals surface area contributed by atoms with Gasteiger partial charge in [-0.1, -0.05) is 172 Å². The van der Waals surface area contributed by atoms with Gasteiger partial charge in [-0.3, -0.25) is 0 Å². The number of rotatable bonds is 4. The maximum absolute atomic E-state index is 2.48. The fourth-order valence-corrected chi connectivity index (χ4v) is 10.9. The Kier molecular flexibility index (Phi) is 7.57. The summed E-state index contributed by atoms with van der Waals surface area (Å²) < 4.78 is 0. The van der Waals surface area contributed by atoms with Crippen molar-refractivity contribution in [2.75, 3.05) is 0 Å². The van der Waals surface area contributed by atoms with Crippen molar-refractivity contribution in [2.45, 2.75) is 39.5 Å². The fraction of sp³-hybridized carbons (Fsp3) is 0.100. The highest BCUT2D eigenvalue weighted by Crippen LogP contribution is 2.53. The molecular formula is C60H44. The first-order valence-electron chi connectivity index (χ1n) is 21.4. The van der Waals surface area contributed by atoms with E-state index >= 15 is 0 Å². The van der Waals surface area contributed by atoms with Crippen LogP contribution in [0.1, 0.15) is 47.2 Å². The summed E-state index contributed by atoms with van der Waals surface area (Å²) in [7, 11) is 0. The van der Waals surface area contributed by atoms with Crippen LogP contribution in [-0.4, -0.2) is 0 Å². The van der Waals surface area contributed by atoms with Crippen molar-refractivity contribution >= 4 is 32.3 Å². The van der Waals surface area contributed by atoms with E-state index in [1.165, 1.54) is 132 Å². The molecule has 2 aliphatic rings. The van der Waals surface area contributed by atoms with Gasteiger partial charge in [0.15, 0.2) is 0 Å². The van der Waals surface area contributed by atoms with Crippen LogP contribution in [0.15, 0.2) is 182 Å². The lowest BCUT2D eigenvalue weighted by atomic mass is 9.82. The van der Waals surface area contributed by atoms with Crippen molar-refractivity contribution in [3.8, 4) is 66.8 Å². The third kappa shape index (κ3) is 5.10. The first-order chi connectivity index (χ1) is 29.3. The highest BCUT2D eigenvalue weighted by molar-refractivity contribution is 6.21. The third-order valence-electron chi connectivity index (χ3n) is 14.0. The Bertz CT molecular complexity index is 3390. The smallest absolute Gasteiger partial charge is 0.0159 e. The standard InChI is InChI=1S/C60H44/c1-36-13-5-7-15-45(36)51-34-43(22-21-37(51)2)57-47-17-9-11-19-49(47)58(50-20-12-10-18-48(50)57)44-26-25-42-31-41-24-23-39(32-52(41)53(42)35-44)40-28-29-55-54(33-40)59-46-16-8-6-14-38(46)27-30-56(59)60(55,3)4/h5-30,32-35H,31H2,1-4H3. The molecule has 2 aliphatic carbocycles. The predicted molar refractivity (Wildman–Crippen MR) is 256 cm³/mol. The molecule has 0 aliphatic heterocycles. The maximum Gasteiger partial charge on any atom is 0.0159 e. The van der Waals surface area contributed by atoms with Gasteiger partial charge in [-0.2, -0.15) is 0 Å². The maximum atomic E-state index is 2.48. The van der Waals surface area contributed by atoms with Crippen molar-refractivity contribution in [3.63, 3.8) is 0 Å². The van der Waals surface area contributed by atoms with Gasteiger partial charge in [-0.25, -0.2) is 0 Å². The van der Waals surface area contributed by atoms with Gasteiger partial charge in [0.05, 0.1) is 0 Å². The van der Waals surface area contributed by atoms with Crippen molar-refractivity contribution < 1.29 is 0 Å². The zero-order valence-corrected chi connectivity index (χ0v) is 34.5. The Labute approximate surface area is 352 Å². The molecule has 0 nitrogen and oxygen atoms in total. The number of hydrogen-bond acceptors (Lipinski definition) is 0. The monoisotopic (exact) mass is 764 g/mol. The molecule has 0 radical (unpaired) electrons. The van der Waals surface area contributed by atoms with Gasteiger partial charge >= 0.3 is 0 Å². The van der Waals surface area contributed by atoms with Crippen LogP contribution >= 0.6 is 0 Å². The molecule has 0 saturated heterocycles. The summed E-state index contributed by atoms with van der Waals surface area (Å²) in [5, 5.41) is 7.77. The summed E-state index contributed by atoms with van der Waals surface area (Å²) in [6.45, 7) is 9.19. The van der Waals surface area contributed by atoms with Crippen molar-refractivity contribution in [1.29, 1.82) is 0 Å². The zero-order valence-electron chi connectivity index (χ0n) is 34.5. The van der Waals surface area contributed by atoms with Gasteiger partial charge in [0.2, 0.25) is 0 Å². The van der Waals surface area contributed by atoms with E-state index in [1.54, 1.807) is 0 Å². The second kappa shape index (κ2) is 13.0. The molecule has 284 valence electrons. The van der Waals surface area contributed by atoms with Crippen molar-refractivity contribution in [1.82, 2.24) is 0 Å². The largest absolute Gasteiger partial charge is 0.0620 e. The van der Waals surface area contributed by atoms with E-state index in [1.807, 2.05) is 0 Å². The minimum atomic E-state index is -0.0442. The Morgan fingerprint density at radius 2 is 0.800 bits per heavy atom. The summed E-state index contributed by atoms with van der Waals surface area (Å²) in [5.74, 6) is 0. The molecule has 0 bridgehead atoms. The molecule has 0 fully saturated rings. The van der Waals surface area contributed by atoms with Gasteiger partial charge in [0, 0.05) is 5.41 Å². The van der Waals surface area contributed by atoms with Crippen LogP contribution < -0.4 is 0 Å². The van der Waals surface area contributed by atoms with Crippen molar-refractivity contribution in [3.05, 3.63) is 215 Å². The molecule has 10 aromatic rings. The summed E-state index contributed by atoms with van der Waals surface area (Å²) in [5.41, 5.74) is 23.9. The molecule has 0 amide bonds. The molecule has 0 aromatic heterocycles. The quantitative estimate of drug-likeness (QED) is 0.157. The molecule has 0 heteroatoms. The molecule has 0 saturated carbocycles. The molecule has 0 unspecified atom stereocenters. The van der Waals surface area contributed by atoms with Crippen LogP contribution in [0.5, 0.6) is 0 Å². The Hall–Kier alpha value is -7.02. The third-order valence-corrected chi connectivity index (χ3v) is 14.0. The van der Waals surface area contributed by atoms with E-state index in [4.69, 9.17) is 0 Å². The summed E-state index contributed by atoms with van der Waals surface area (Å²) in [6, 6.07) is 69.0. The Balaban J connectivity index is 1.00. The summed E-state index contributed by atoms with van der Waals surface area (Å²) in [4.78, 5) is 0. The van der Waals surface area contributed by atoms with E-state index in [-0.39, 0.29) is 5.41 Å². The number of benzene rings is 10. The number of fused-ring (bicyclic) bond motifs is 10. The highest BCUT2D eigenvalue weighted by Gasteiger charge is 2.36. The van der Waals surface area contributed by atoms with Crippen molar-refractivity contribution in [2.24, 2.45) is 0 Å². The number of aryl methyl sites for hydroxylation is 2. The SMILES string of the molecule is Cc1ccccc1-c1cc(-c2c3ccccc3c(-c3ccc4c(c3)-c3cc(-c5ccc6c(c5)-c5c(ccc7ccccc57)C6(C)C)ccc3C4)c3ccccc23)ccc1C. The average Bonchev–Trinajstić information content (AvgIpc) is 3.76. The van der Waals surface area contributed by atoms with E-state index in [0.717, 1.165) is 6.42 Å². The topological polar surface area (TPSA) is 0 Å². The second-order valence-corrected chi connectivity index (χ2v) is 17.7. The van der Waals surface area contributed by atoms with E-state index in [9.17, 15) is 0 Å². The molecular weight excluding hydrogens is 721 g/mol. The normalized spacial score (nSPS) is 13.4. The van der Waals surface area contributed by atoms with Crippen LogP contribution in [0.2, 0.25) is 0 Å². The molecule has 0 atom stereocenters. The first kappa shape index (κ1) is 35.0. The average molecular weight is 765 g/mol. The van der Waals surface area contributed by atoms with Crippen LogP contribution in [-0.2, 0) is 11.8 Å². The minimum absolute atomic E-state index is 0.0442. The van der Waals surface area contributed by atoms with Gasteiger partial charge in [-0.05, 0) is 177 Å². The van der Waals surface area contributed by atoms with Crippen LogP contribution in [0.4, 0.5) is 0 Å². The van der Waals surface area contributed by atoms with E-state index < -0.39 is 0 Å². The number of hydrogen-bond donors (Lipinski definition) is 0. The van der Waals surface area contributed by atoms with Gasteiger partial charge in [0.25, 0.3) is 0 Å². The molecule has 0 spiro atoms. The van der Waals surface area contributed by atoms with E-state index in [0.29, 0.717) is 0 Å². The fourth-order valence-electron chi connectivity index (χ4n) is 10.9. The van der Waals surface area contributed by atoms with Gasteiger partial charge in [0.1, 0.15) is 0 Å². The molecule has 0 N–H and O–H groups in total.